The molecule has 0 saturated carbocycles. The van der Waals surface area contributed by atoms with Crippen molar-refractivity contribution in [3.63, 3.8) is 0 Å². The molecule has 126 valence electrons. The van der Waals surface area contributed by atoms with E-state index in [-0.39, 0.29) is 18.1 Å². The number of hydrogen-bond acceptors (Lipinski definition) is 3. The lowest BCUT2D eigenvalue weighted by Gasteiger charge is -2.22. The molecule has 2 aromatic carbocycles. The molecule has 25 heavy (non-hydrogen) atoms. The van der Waals surface area contributed by atoms with Crippen molar-refractivity contribution in [2.24, 2.45) is 0 Å². The summed E-state index contributed by atoms with van der Waals surface area (Å²) < 4.78 is 27.9. The van der Waals surface area contributed by atoms with Gasteiger partial charge in [-0.05, 0) is 30.3 Å². The number of amides is 1. The van der Waals surface area contributed by atoms with Crippen LogP contribution in [0.25, 0.3) is 11.3 Å². The fourth-order valence-electron chi connectivity index (χ4n) is 2.94. The second-order valence-corrected chi connectivity index (χ2v) is 5.94. The third-order valence-electron chi connectivity index (χ3n) is 3.99. The number of halogens is 3. The van der Waals surface area contributed by atoms with Crippen LogP contribution in [0.15, 0.2) is 48.5 Å². The molecule has 1 aromatic heterocycles. The Labute approximate surface area is 146 Å². The quantitative estimate of drug-likeness (QED) is 0.687. The summed E-state index contributed by atoms with van der Waals surface area (Å²) in [5.41, 5.74) is 1.30. The molecule has 0 aliphatic carbocycles. The number of fused-ring (bicyclic) bond motifs is 3. The Morgan fingerprint density at radius 1 is 1.08 bits per heavy atom. The average molecular weight is 361 g/mol. The number of carbonyl (C=O) groups excluding carboxylic acids is 1. The molecule has 5 nitrogen and oxygen atoms in total. The molecule has 1 aliphatic rings. The van der Waals surface area contributed by atoms with E-state index in [1.807, 2.05) is 0 Å². The van der Waals surface area contributed by atoms with Crippen LogP contribution < -0.4 is 4.90 Å². The number of para-hydroxylation sites is 1. The molecule has 3 aromatic rings. The van der Waals surface area contributed by atoms with Crippen molar-refractivity contribution in [1.82, 2.24) is 15.0 Å². The zero-order valence-corrected chi connectivity index (χ0v) is 13.5. The van der Waals surface area contributed by atoms with Crippen LogP contribution in [-0.2, 0) is 11.3 Å². The molecule has 0 unspecified atom stereocenters. The topological polar surface area (TPSA) is 51.0 Å². The number of hydrogen-bond donors (Lipinski definition) is 0. The van der Waals surface area contributed by atoms with Gasteiger partial charge in [-0.3, -0.25) is 9.69 Å². The molecule has 0 atom stereocenters. The van der Waals surface area contributed by atoms with Crippen LogP contribution in [0.2, 0.25) is 5.02 Å². The number of carbonyl (C=O) groups is 1. The fourth-order valence-corrected chi connectivity index (χ4v) is 3.06. The zero-order chi connectivity index (χ0) is 17.6. The van der Waals surface area contributed by atoms with Crippen molar-refractivity contribution < 1.29 is 13.6 Å². The summed E-state index contributed by atoms with van der Waals surface area (Å²) in [5.74, 6) is -0.306. The van der Waals surface area contributed by atoms with Gasteiger partial charge in [-0.2, -0.15) is 0 Å². The van der Waals surface area contributed by atoms with Gasteiger partial charge in [0.1, 0.15) is 12.2 Å². The zero-order valence-electron chi connectivity index (χ0n) is 12.7. The molecule has 0 radical (unpaired) electrons. The van der Waals surface area contributed by atoms with Gasteiger partial charge >= 0.3 is 0 Å². The van der Waals surface area contributed by atoms with Crippen molar-refractivity contribution >= 4 is 28.9 Å². The summed E-state index contributed by atoms with van der Waals surface area (Å²) in [7, 11) is 0. The maximum absolute atomic E-state index is 13.3. The maximum Gasteiger partial charge on any atom is 0.284 e. The Bertz CT molecular complexity index is 956. The van der Waals surface area contributed by atoms with Crippen LogP contribution in [0.3, 0.4) is 0 Å². The normalized spacial score (nSPS) is 13.6. The van der Waals surface area contributed by atoms with Gasteiger partial charge in [0.15, 0.2) is 5.69 Å². The summed E-state index contributed by atoms with van der Waals surface area (Å²) in [5, 5.41) is 7.84. The van der Waals surface area contributed by atoms with Gasteiger partial charge in [0.05, 0.1) is 5.69 Å². The second kappa shape index (κ2) is 5.93. The van der Waals surface area contributed by atoms with Crippen LogP contribution in [-0.4, -0.2) is 20.9 Å². The second-order valence-electron chi connectivity index (χ2n) is 5.50. The highest BCUT2D eigenvalue weighted by Gasteiger charge is 2.32. The van der Waals surface area contributed by atoms with Crippen LogP contribution in [0.5, 0.6) is 0 Å². The standard InChI is InChI=1S/C17H11ClF2N4O/c18-10-5-7-11(8-6-10)24-13-4-2-1-3-12(13)16-15(17(19)20)21-22-23(16)9-14(24)25/h1-8,17H,9H2. The van der Waals surface area contributed by atoms with Crippen molar-refractivity contribution in [3.8, 4) is 11.3 Å². The number of anilines is 2. The first kappa shape index (κ1) is 15.7. The van der Waals surface area contributed by atoms with E-state index in [4.69, 9.17) is 11.6 Å². The lowest BCUT2D eigenvalue weighted by Crippen LogP contribution is -2.28. The highest BCUT2D eigenvalue weighted by atomic mass is 35.5. The summed E-state index contributed by atoms with van der Waals surface area (Å²) in [6, 6.07) is 13.6. The van der Waals surface area contributed by atoms with Gasteiger partial charge < -0.3 is 0 Å². The first-order valence-electron chi connectivity index (χ1n) is 7.45. The minimum Gasteiger partial charge on any atom is -0.279 e. The Morgan fingerprint density at radius 2 is 1.80 bits per heavy atom. The predicted molar refractivity (Wildman–Crippen MR) is 89.0 cm³/mol. The first-order valence-corrected chi connectivity index (χ1v) is 7.83. The SMILES string of the molecule is O=C1Cn2nnc(C(F)F)c2-c2ccccc2N1c1ccc(Cl)cc1. The van der Waals surface area contributed by atoms with Gasteiger partial charge in [0, 0.05) is 16.3 Å². The van der Waals surface area contributed by atoms with E-state index >= 15 is 0 Å². The van der Waals surface area contributed by atoms with Crippen LogP contribution in [0.1, 0.15) is 12.1 Å². The lowest BCUT2D eigenvalue weighted by atomic mass is 10.1. The fraction of sp³-hybridized carbons (Fsp3) is 0.118. The van der Waals surface area contributed by atoms with E-state index in [9.17, 15) is 13.6 Å². The van der Waals surface area contributed by atoms with E-state index in [1.54, 1.807) is 48.5 Å². The number of rotatable bonds is 2. The summed E-state index contributed by atoms with van der Waals surface area (Å²) in [6.07, 6.45) is -2.78. The van der Waals surface area contributed by atoms with Crippen LogP contribution >= 0.6 is 11.6 Å². The van der Waals surface area contributed by atoms with Crippen LogP contribution in [0, 0.1) is 0 Å². The Hall–Kier alpha value is -2.80. The largest absolute Gasteiger partial charge is 0.284 e. The highest BCUT2D eigenvalue weighted by Crippen LogP contribution is 2.40. The molecular formula is C17H11ClF2N4O. The maximum atomic E-state index is 13.3. The molecular weight excluding hydrogens is 350 g/mol. The van der Waals surface area contributed by atoms with Gasteiger partial charge in [0.2, 0.25) is 0 Å². The summed E-state index contributed by atoms with van der Waals surface area (Å²) in [6.45, 7) is -0.188. The Balaban J connectivity index is 1.96. The predicted octanol–water partition coefficient (Wildman–Crippen LogP) is 4.21. The molecule has 0 spiro atoms. The van der Waals surface area contributed by atoms with Crippen molar-refractivity contribution in [3.05, 3.63) is 59.2 Å². The van der Waals surface area contributed by atoms with E-state index in [1.165, 1.54) is 9.58 Å². The Kier molecular flexibility index (Phi) is 3.73. The smallest absolute Gasteiger partial charge is 0.279 e. The molecule has 1 amide bonds. The molecule has 0 N–H and O–H groups in total. The molecule has 0 fully saturated rings. The number of nitrogens with zero attached hydrogens (tertiary/aromatic N) is 4. The van der Waals surface area contributed by atoms with E-state index < -0.39 is 12.1 Å². The molecule has 8 heteroatoms. The average Bonchev–Trinajstić information content (AvgIpc) is 2.96. The van der Waals surface area contributed by atoms with Crippen LogP contribution in [0.4, 0.5) is 20.2 Å². The highest BCUT2D eigenvalue weighted by molar-refractivity contribution is 6.30. The minimum absolute atomic E-state index is 0.162. The van der Waals surface area contributed by atoms with Crippen molar-refractivity contribution in [2.45, 2.75) is 13.0 Å². The summed E-state index contributed by atoms with van der Waals surface area (Å²) in [4.78, 5) is 14.3. The molecule has 0 bridgehead atoms. The third-order valence-corrected chi connectivity index (χ3v) is 4.24. The van der Waals surface area contributed by atoms with E-state index in [0.717, 1.165) is 0 Å². The van der Waals surface area contributed by atoms with Gasteiger partial charge in [-0.25, -0.2) is 13.5 Å². The molecule has 2 heterocycles. The lowest BCUT2D eigenvalue weighted by molar-refractivity contribution is -0.118. The number of alkyl halides is 2. The van der Waals surface area contributed by atoms with Crippen molar-refractivity contribution in [1.29, 1.82) is 0 Å². The molecule has 1 aliphatic heterocycles. The number of aromatic nitrogens is 3. The van der Waals surface area contributed by atoms with E-state index in [0.29, 0.717) is 22.0 Å². The summed E-state index contributed by atoms with van der Waals surface area (Å²) >= 11 is 5.92. The Morgan fingerprint density at radius 3 is 2.52 bits per heavy atom. The van der Waals surface area contributed by atoms with Crippen molar-refractivity contribution in [2.75, 3.05) is 4.90 Å². The third kappa shape index (κ3) is 2.56. The monoisotopic (exact) mass is 360 g/mol. The number of benzene rings is 2. The van der Waals surface area contributed by atoms with Gasteiger partial charge in [-0.1, -0.05) is 35.0 Å². The minimum atomic E-state index is -2.78. The molecule has 4 rings (SSSR count). The molecule has 0 saturated heterocycles. The van der Waals surface area contributed by atoms with Gasteiger partial charge in [-0.15, -0.1) is 5.10 Å². The first-order chi connectivity index (χ1) is 12.1. The van der Waals surface area contributed by atoms with E-state index in [2.05, 4.69) is 10.3 Å². The van der Waals surface area contributed by atoms with Gasteiger partial charge in [0.25, 0.3) is 12.3 Å².